The highest BCUT2D eigenvalue weighted by Gasteiger charge is 2.41. The molecule has 0 spiro atoms. The molecule has 4 amide bonds. The van der Waals surface area contributed by atoms with Crippen LogP contribution in [0.3, 0.4) is 0 Å². The van der Waals surface area contributed by atoms with Crippen LogP contribution in [0.25, 0.3) is 22.2 Å². The van der Waals surface area contributed by atoms with Crippen molar-refractivity contribution in [2.75, 3.05) is 65.0 Å². The van der Waals surface area contributed by atoms with E-state index in [2.05, 4.69) is 71.8 Å². The van der Waals surface area contributed by atoms with Gasteiger partial charge in [0.15, 0.2) is 0 Å². The summed E-state index contributed by atoms with van der Waals surface area (Å²) in [5.74, 6) is -2.57. The Labute approximate surface area is 382 Å². The van der Waals surface area contributed by atoms with Crippen molar-refractivity contribution in [1.82, 2.24) is 35.1 Å². The van der Waals surface area contributed by atoms with Gasteiger partial charge in [-0.1, -0.05) is 34.3 Å². The SMILES string of the molecule is C=CC(=O)N1CC[C@H](C(=O)N(C)C(C(=O)N[C@H]2C[C@H]3CN(CCO3)c3ccc4c(c3)c(c(-c3cccnc3[C@H](C)OC)n4CC)CC(C)(C)COC(=O)[C@@H]3CCCN(N3)C2=O)C(C)C)C1. The number of ether oxygens (including phenoxy) is 3. The van der Waals surface area contributed by atoms with Crippen molar-refractivity contribution in [3.63, 3.8) is 0 Å². The molecular formula is C49H68N8O8. The standard InChI is InChI=1S/C49H68N8O8/c1-10-41(58)55-21-18-32(27-55)46(60)53(8)43(30(3)4)45(59)51-39-25-34-28-54(22-23-64-34)33-16-17-40-36(24-33)37(44(56(40)11-2)35-14-12-19-50-42(35)31(5)63-9)26-49(6,7)29-65-48(62)38-15-13-20-57(52-38)47(39)61/h10,12,14,16-17,19,24,30-32,34,38-39,43,52H,1,11,13,15,18,20-23,25-29H2,2-9H3,(H,51,59)/t31-,32-,34-,38-,39-,43?/m0/s1. The van der Waals surface area contributed by atoms with E-state index in [9.17, 15) is 24.0 Å². The molecule has 3 aromatic rings. The predicted molar refractivity (Wildman–Crippen MR) is 247 cm³/mol. The fourth-order valence-electron chi connectivity index (χ4n) is 10.2. The minimum Gasteiger partial charge on any atom is -0.464 e. The molecule has 16 heteroatoms. The Morgan fingerprint density at radius 1 is 1.11 bits per heavy atom. The maximum Gasteiger partial charge on any atom is 0.324 e. The Morgan fingerprint density at radius 2 is 1.89 bits per heavy atom. The van der Waals surface area contributed by atoms with Crippen molar-refractivity contribution in [3.05, 3.63) is 60.4 Å². The summed E-state index contributed by atoms with van der Waals surface area (Å²) in [4.78, 5) is 79.4. The van der Waals surface area contributed by atoms with E-state index in [1.54, 1.807) is 25.3 Å². The molecule has 4 aliphatic rings. The van der Waals surface area contributed by atoms with E-state index in [1.165, 1.54) is 16.0 Å². The molecule has 6 bridgehead atoms. The van der Waals surface area contributed by atoms with Crippen molar-refractivity contribution < 1.29 is 38.2 Å². The number of methoxy groups -OCH3 is 1. The number of fused-ring (bicyclic) bond motifs is 6. The number of nitrogens with zero attached hydrogens (tertiary/aromatic N) is 6. The number of anilines is 1. The van der Waals surface area contributed by atoms with E-state index in [1.807, 2.05) is 26.8 Å². The third-order valence-electron chi connectivity index (χ3n) is 13.6. The van der Waals surface area contributed by atoms with Gasteiger partial charge in [0, 0.05) is 93.6 Å². The quantitative estimate of drug-likeness (QED) is 0.215. The monoisotopic (exact) mass is 897 g/mol. The van der Waals surface area contributed by atoms with Crippen LogP contribution in [0.2, 0.25) is 0 Å². The first-order valence-electron chi connectivity index (χ1n) is 23.3. The zero-order valence-electron chi connectivity index (χ0n) is 39.4. The lowest BCUT2D eigenvalue weighted by atomic mass is 9.84. The molecule has 3 fully saturated rings. The minimum atomic E-state index is -1.05. The average molecular weight is 897 g/mol. The van der Waals surface area contributed by atoms with Crippen molar-refractivity contribution >= 4 is 46.2 Å². The maximum absolute atomic E-state index is 14.7. The fraction of sp³-hybridized carbons (Fsp3) is 0.592. The summed E-state index contributed by atoms with van der Waals surface area (Å²) < 4.78 is 20.7. The van der Waals surface area contributed by atoms with Crippen molar-refractivity contribution in [2.24, 2.45) is 17.3 Å². The molecule has 1 unspecified atom stereocenters. The summed E-state index contributed by atoms with van der Waals surface area (Å²) in [5.41, 5.74) is 8.75. The number of likely N-dealkylation sites (tertiary alicyclic amines) is 1. The number of benzene rings is 1. The normalized spacial score (nSPS) is 23.7. The molecule has 2 aromatic heterocycles. The number of hydrogen-bond acceptors (Lipinski definition) is 11. The highest BCUT2D eigenvalue weighted by atomic mass is 16.5. The lowest BCUT2D eigenvalue weighted by molar-refractivity contribution is -0.156. The Bertz CT molecular complexity index is 2270. The number of carbonyl (C=O) groups is 5. The number of likely N-dealkylation sites (N-methyl/N-ethyl adjacent to an activating group) is 1. The first-order chi connectivity index (χ1) is 31.0. The van der Waals surface area contributed by atoms with Crippen LogP contribution < -0.4 is 15.6 Å². The van der Waals surface area contributed by atoms with Crippen LogP contribution in [0, 0.1) is 17.3 Å². The van der Waals surface area contributed by atoms with Gasteiger partial charge < -0.3 is 38.8 Å². The Kier molecular flexibility index (Phi) is 14.7. The average Bonchev–Trinajstić information content (AvgIpc) is 3.92. The number of cyclic esters (lactones) is 1. The second kappa shape index (κ2) is 20.0. The largest absolute Gasteiger partial charge is 0.464 e. The van der Waals surface area contributed by atoms with Gasteiger partial charge in [0.2, 0.25) is 17.7 Å². The van der Waals surface area contributed by atoms with Gasteiger partial charge in [-0.3, -0.25) is 34.0 Å². The van der Waals surface area contributed by atoms with Crippen molar-refractivity contribution in [2.45, 2.75) is 111 Å². The number of carbonyl (C=O) groups excluding carboxylic acids is 5. The molecule has 352 valence electrons. The van der Waals surface area contributed by atoms with E-state index < -0.39 is 53.3 Å². The zero-order chi connectivity index (χ0) is 46.7. The van der Waals surface area contributed by atoms with Crippen LogP contribution in [0.1, 0.15) is 84.6 Å². The Balaban J connectivity index is 1.24. The molecule has 65 heavy (non-hydrogen) atoms. The van der Waals surface area contributed by atoms with E-state index >= 15 is 0 Å². The topological polar surface area (TPSA) is 168 Å². The van der Waals surface area contributed by atoms with Gasteiger partial charge in [-0.15, -0.1) is 0 Å². The van der Waals surface area contributed by atoms with Gasteiger partial charge in [-0.2, -0.15) is 0 Å². The number of nitrogens with one attached hydrogen (secondary N) is 2. The lowest BCUT2D eigenvalue weighted by Crippen LogP contribution is -2.62. The van der Waals surface area contributed by atoms with Crippen LogP contribution in [-0.2, 0) is 51.1 Å². The van der Waals surface area contributed by atoms with Crippen LogP contribution in [0.4, 0.5) is 5.69 Å². The maximum atomic E-state index is 14.7. The van der Waals surface area contributed by atoms with Crippen LogP contribution >= 0.6 is 0 Å². The zero-order valence-corrected chi connectivity index (χ0v) is 39.4. The highest BCUT2D eigenvalue weighted by Crippen LogP contribution is 2.42. The first kappa shape index (κ1) is 47.6. The van der Waals surface area contributed by atoms with E-state index in [4.69, 9.17) is 19.2 Å². The fourth-order valence-corrected chi connectivity index (χ4v) is 10.2. The van der Waals surface area contributed by atoms with E-state index in [0.717, 1.165) is 39.1 Å². The number of esters is 1. The Morgan fingerprint density at radius 3 is 2.62 bits per heavy atom. The molecule has 6 heterocycles. The number of aromatic nitrogens is 2. The van der Waals surface area contributed by atoms with Crippen molar-refractivity contribution in [3.8, 4) is 11.3 Å². The third-order valence-corrected chi connectivity index (χ3v) is 13.6. The van der Waals surface area contributed by atoms with Gasteiger partial charge >= 0.3 is 5.97 Å². The summed E-state index contributed by atoms with van der Waals surface area (Å²) in [5, 5.41) is 5.58. The second-order valence-electron chi connectivity index (χ2n) is 19.2. The summed E-state index contributed by atoms with van der Waals surface area (Å²) in [7, 11) is 3.30. The number of amides is 4. The number of aryl methyl sites for hydroxylation is 1. The number of rotatable bonds is 10. The first-order valence-corrected chi connectivity index (χ1v) is 23.3. The number of hydrazine groups is 1. The molecule has 0 saturated carbocycles. The summed E-state index contributed by atoms with van der Waals surface area (Å²) in [6.07, 6.45) is 4.57. The van der Waals surface area contributed by atoms with Gasteiger partial charge in [-0.25, -0.2) is 5.43 Å². The second-order valence-corrected chi connectivity index (χ2v) is 19.2. The molecule has 0 aliphatic carbocycles. The lowest BCUT2D eigenvalue weighted by Gasteiger charge is -2.39. The third kappa shape index (κ3) is 10.1. The van der Waals surface area contributed by atoms with E-state index in [-0.39, 0.29) is 43.4 Å². The highest BCUT2D eigenvalue weighted by molar-refractivity contribution is 5.95. The molecule has 3 saturated heterocycles. The molecular weight excluding hydrogens is 829 g/mol. The number of morpholine rings is 1. The summed E-state index contributed by atoms with van der Waals surface area (Å²) in [6, 6.07) is 7.87. The molecule has 16 nitrogen and oxygen atoms in total. The molecule has 0 radical (unpaired) electrons. The Hall–Kier alpha value is -5.32. The molecule has 6 atom stereocenters. The summed E-state index contributed by atoms with van der Waals surface area (Å²) >= 11 is 0. The molecule has 2 N–H and O–H groups in total. The van der Waals surface area contributed by atoms with Gasteiger partial charge in [0.05, 0.1) is 42.7 Å². The van der Waals surface area contributed by atoms with Crippen molar-refractivity contribution in [1.29, 1.82) is 0 Å². The number of pyridine rings is 1. The van der Waals surface area contributed by atoms with E-state index in [0.29, 0.717) is 65.0 Å². The summed E-state index contributed by atoms with van der Waals surface area (Å²) in [6.45, 7) is 19.0. The predicted octanol–water partition coefficient (Wildman–Crippen LogP) is 4.65. The molecule has 1 aromatic carbocycles. The van der Waals surface area contributed by atoms with Crippen LogP contribution in [-0.4, -0.2) is 138 Å². The number of hydrogen-bond donors (Lipinski definition) is 2. The minimum absolute atomic E-state index is 0.139. The van der Waals surface area contributed by atoms with Gasteiger partial charge in [0.25, 0.3) is 5.91 Å². The van der Waals surface area contributed by atoms with Gasteiger partial charge in [0.1, 0.15) is 18.1 Å². The smallest absolute Gasteiger partial charge is 0.324 e. The van der Waals surface area contributed by atoms with Crippen LogP contribution in [0.5, 0.6) is 0 Å². The van der Waals surface area contributed by atoms with Crippen LogP contribution in [0.15, 0.2) is 49.2 Å². The molecule has 4 aliphatic heterocycles. The van der Waals surface area contributed by atoms with Gasteiger partial charge in [-0.05, 0) is 87.4 Å². The molecule has 7 rings (SSSR count).